The molecule has 2 rings (SSSR count). The van der Waals surface area contributed by atoms with Crippen LogP contribution in [0.2, 0.25) is 0 Å². The summed E-state index contributed by atoms with van der Waals surface area (Å²) < 4.78 is 9.78. The van der Waals surface area contributed by atoms with Gasteiger partial charge in [0.15, 0.2) is 0 Å². The van der Waals surface area contributed by atoms with Crippen molar-refractivity contribution in [2.45, 2.75) is 77.1 Å². The number of amides is 5. The lowest BCUT2D eigenvalue weighted by Crippen LogP contribution is -2.58. The predicted octanol–water partition coefficient (Wildman–Crippen LogP) is 0.889. The van der Waals surface area contributed by atoms with E-state index in [4.69, 9.17) is 9.57 Å². The summed E-state index contributed by atoms with van der Waals surface area (Å²) in [5.74, 6) is -1.27. The zero-order valence-corrected chi connectivity index (χ0v) is 19.8. The van der Waals surface area contributed by atoms with E-state index in [9.17, 15) is 19.2 Å². The second-order valence-electron chi connectivity index (χ2n) is 8.67. The summed E-state index contributed by atoms with van der Waals surface area (Å²) in [6.07, 6.45) is 2.00. The van der Waals surface area contributed by atoms with Crippen LogP contribution in [0.15, 0.2) is 0 Å². The van der Waals surface area contributed by atoms with Gasteiger partial charge in [0.05, 0.1) is 19.3 Å². The van der Waals surface area contributed by atoms with Crippen LogP contribution >= 0.6 is 12.9 Å². The Bertz CT molecular complexity index is 702. The maximum Gasteiger partial charge on any atom is 0.408 e. The molecule has 3 atom stereocenters. The lowest BCUT2D eigenvalue weighted by atomic mass is 10.0. The van der Waals surface area contributed by atoms with E-state index in [1.807, 2.05) is 6.92 Å². The van der Waals surface area contributed by atoms with Gasteiger partial charge in [-0.2, -0.15) is 5.06 Å². The van der Waals surface area contributed by atoms with Gasteiger partial charge in [-0.15, -0.1) is 0 Å². The van der Waals surface area contributed by atoms with Gasteiger partial charge in [-0.25, -0.2) is 9.59 Å². The molecule has 32 heavy (non-hydrogen) atoms. The Hall–Kier alpha value is -2.25. The molecule has 0 aromatic heterocycles. The van der Waals surface area contributed by atoms with Gasteiger partial charge in [0.1, 0.15) is 17.7 Å². The van der Waals surface area contributed by atoms with Crippen LogP contribution in [0, 0.1) is 0 Å². The number of thiol groups is 1. The Morgan fingerprint density at radius 1 is 1.22 bits per heavy atom. The number of unbranched alkanes of at least 4 members (excludes halogenated alkanes) is 1. The minimum atomic E-state index is -1.16. The van der Waals surface area contributed by atoms with Gasteiger partial charge < -0.3 is 19.1 Å². The summed E-state index contributed by atoms with van der Waals surface area (Å²) in [5.41, 5.74) is 3.82. The molecule has 0 aromatic carbocycles. The number of nitrogens with zero attached hydrogens (tertiary/aromatic N) is 2. The van der Waals surface area contributed by atoms with Gasteiger partial charge in [0.2, 0.25) is 0 Å². The van der Waals surface area contributed by atoms with E-state index in [0.29, 0.717) is 26.0 Å². The number of alkyl carbamates (subject to hydrolysis) is 1. The molecule has 1 unspecified atom stereocenters. The normalized spacial score (nSPS) is 21.2. The molecule has 12 nitrogen and oxygen atoms in total. The number of urea groups is 1. The van der Waals surface area contributed by atoms with Crippen molar-refractivity contribution in [2.75, 3.05) is 19.8 Å². The zero-order valence-electron chi connectivity index (χ0n) is 18.9. The molecular formula is C19H33N5O7S. The Morgan fingerprint density at radius 3 is 2.56 bits per heavy atom. The van der Waals surface area contributed by atoms with Gasteiger partial charge in [-0.1, -0.05) is 13.3 Å². The van der Waals surface area contributed by atoms with Gasteiger partial charge in [0, 0.05) is 6.54 Å². The van der Waals surface area contributed by atoms with E-state index < -0.39 is 35.6 Å². The fourth-order valence-corrected chi connectivity index (χ4v) is 3.53. The van der Waals surface area contributed by atoms with Crippen molar-refractivity contribution < 1.29 is 32.9 Å². The number of fused-ring (bicyclic) bond motifs is 2. The SMILES string of the molecule is CCCCON1C(=O)N2C[C@@H]1CC[C@H]2C(=O)NNC(=O)C(COS)NC(=O)OC(C)(C)C. The summed E-state index contributed by atoms with van der Waals surface area (Å²) in [6, 6.07) is -2.34. The van der Waals surface area contributed by atoms with Crippen LogP contribution in [0.3, 0.4) is 0 Å². The molecule has 0 radical (unpaired) electrons. The Morgan fingerprint density at radius 2 is 1.94 bits per heavy atom. The number of hydrogen-bond donors (Lipinski definition) is 4. The Labute approximate surface area is 193 Å². The number of carbonyl (C=O) groups is 4. The number of hydroxylamine groups is 2. The third-order valence-corrected chi connectivity index (χ3v) is 5.06. The molecule has 0 aliphatic carbocycles. The minimum Gasteiger partial charge on any atom is -0.444 e. The van der Waals surface area contributed by atoms with Crippen molar-refractivity contribution in [3.05, 3.63) is 0 Å². The minimum absolute atomic E-state index is 0.0899. The highest BCUT2D eigenvalue weighted by Gasteiger charge is 2.48. The van der Waals surface area contributed by atoms with Crippen molar-refractivity contribution in [2.24, 2.45) is 0 Å². The molecule has 2 aliphatic rings. The van der Waals surface area contributed by atoms with Crippen LogP contribution in [-0.2, 0) is 23.3 Å². The molecule has 2 bridgehead atoms. The highest BCUT2D eigenvalue weighted by molar-refractivity contribution is 7.75. The molecule has 0 saturated carbocycles. The van der Waals surface area contributed by atoms with Crippen molar-refractivity contribution in [1.29, 1.82) is 0 Å². The Kier molecular flexibility index (Phi) is 9.40. The number of piperidine rings is 1. The molecule has 2 fully saturated rings. The highest BCUT2D eigenvalue weighted by Crippen LogP contribution is 2.30. The fourth-order valence-electron chi connectivity index (χ4n) is 3.38. The van der Waals surface area contributed by atoms with Crippen molar-refractivity contribution in [1.82, 2.24) is 26.1 Å². The van der Waals surface area contributed by atoms with Crippen LogP contribution in [0.4, 0.5) is 9.59 Å². The van der Waals surface area contributed by atoms with Gasteiger partial charge in [0.25, 0.3) is 11.8 Å². The topological polar surface area (TPSA) is 139 Å². The van der Waals surface area contributed by atoms with E-state index in [-0.39, 0.29) is 18.7 Å². The van der Waals surface area contributed by atoms with Crippen molar-refractivity contribution >= 4 is 36.8 Å². The van der Waals surface area contributed by atoms with Crippen LogP contribution in [0.1, 0.15) is 53.4 Å². The highest BCUT2D eigenvalue weighted by atomic mass is 32.1. The van der Waals surface area contributed by atoms with Gasteiger partial charge >= 0.3 is 12.1 Å². The van der Waals surface area contributed by atoms with Gasteiger partial charge in [-0.05, 0) is 52.9 Å². The molecule has 3 N–H and O–H groups in total. The number of nitrogens with one attached hydrogen (secondary N) is 3. The fraction of sp³-hybridized carbons (Fsp3) is 0.789. The first kappa shape index (κ1) is 26.0. The van der Waals surface area contributed by atoms with Crippen molar-refractivity contribution in [3.63, 3.8) is 0 Å². The number of rotatable bonds is 9. The molecule has 2 heterocycles. The van der Waals surface area contributed by atoms with Crippen LogP contribution < -0.4 is 16.2 Å². The number of hydrogen-bond acceptors (Lipinski definition) is 8. The largest absolute Gasteiger partial charge is 0.444 e. The molecule has 0 aromatic rings. The van der Waals surface area contributed by atoms with E-state index in [0.717, 1.165) is 12.8 Å². The lowest BCUT2D eigenvalue weighted by Gasteiger charge is -2.29. The number of carbonyl (C=O) groups excluding carboxylic acids is 4. The van der Waals surface area contributed by atoms with E-state index in [1.165, 1.54) is 9.96 Å². The first-order valence-electron chi connectivity index (χ1n) is 10.7. The smallest absolute Gasteiger partial charge is 0.408 e. The molecular weight excluding hydrogens is 442 g/mol. The van der Waals surface area contributed by atoms with E-state index >= 15 is 0 Å². The molecule has 13 heteroatoms. The number of hydrazine groups is 1. The molecule has 0 spiro atoms. The average Bonchev–Trinajstić information content (AvgIpc) is 2.95. The van der Waals surface area contributed by atoms with Crippen LogP contribution in [0.25, 0.3) is 0 Å². The predicted molar refractivity (Wildman–Crippen MR) is 116 cm³/mol. The zero-order chi connectivity index (χ0) is 23.9. The third kappa shape index (κ3) is 7.14. The van der Waals surface area contributed by atoms with Crippen LogP contribution in [-0.4, -0.2) is 77.4 Å². The molecule has 2 saturated heterocycles. The first-order valence-corrected chi connectivity index (χ1v) is 11.0. The van der Waals surface area contributed by atoms with E-state index in [2.05, 4.69) is 33.3 Å². The molecule has 182 valence electrons. The summed E-state index contributed by atoms with van der Waals surface area (Å²) in [5, 5.41) is 3.71. The molecule has 5 amide bonds. The Balaban J connectivity index is 1.88. The summed E-state index contributed by atoms with van der Waals surface area (Å²) in [7, 11) is 0. The summed E-state index contributed by atoms with van der Waals surface area (Å²) in [4.78, 5) is 56.7. The van der Waals surface area contributed by atoms with Gasteiger partial charge in [-0.3, -0.25) is 25.3 Å². The first-order chi connectivity index (χ1) is 15.1. The lowest BCUT2D eigenvalue weighted by molar-refractivity contribution is -0.133. The summed E-state index contributed by atoms with van der Waals surface area (Å²) in [6.45, 7) is 7.64. The second-order valence-corrected chi connectivity index (χ2v) is 8.93. The summed E-state index contributed by atoms with van der Waals surface area (Å²) >= 11 is 3.61. The second kappa shape index (κ2) is 11.6. The maximum atomic E-state index is 12.7. The maximum absolute atomic E-state index is 12.7. The monoisotopic (exact) mass is 475 g/mol. The molecule has 2 aliphatic heterocycles. The third-order valence-electron chi connectivity index (χ3n) is 4.91. The average molecular weight is 476 g/mol. The van der Waals surface area contributed by atoms with Crippen LogP contribution in [0.5, 0.6) is 0 Å². The van der Waals surface area contributed by atoms with Crippen molar-refractivity contribution in [3.8, 4) is 0 Å². The van der Waals surface area contributed by atoms with E-state index in [1.54, 1.807) is 20.8 Å². The standard InChI is InChI=1S/C19H33N5O7S/c1-5-6-9-29-24-12-7-8-14(23(10-12)18(24)28)16(26)22-21-15(25)13(11-30-32)20-17(27)31-19(2,3)4/h12-14,32H,5-11H2,1-4H3,(H,20,27)(H,21,25)(H,22,26)/t12-,13?,14-/m0/s1. The quantitative estimate of drug-likeness (QED) is 0.168. The number of ether oxygens (including phenoxy) is 1.